The number of aromatic nitrogens is 3. The third-order valence-electron chi connectivity index (χ3n) is 3.94. The lowest BCUT2D eigenvalue weighted by atomic mass is 9.96. The molecule has 0 bridgehead atoms. The van der Waals surface area contributed by atoms with Crippen molar-refractivity contribution < 1.29 is 4.92 Å². The highest BCUT2D eigenvalue weighted by Gasteiger charge is 2.22. The Morgan fingerprint density at radius 3 is 3.10 bits per heavy atom. The summed E-state index contributed by atoms with van der Waals surface area (Å²) in [5.41, 5.74) is 0.504. The van der Waals surface area contributed by atoms with Gasteiger partial charge in [0.25, 0.3) is 0 Å². The quantitative estimate of drug-likeness (QED) is 0.634. The molecule has 0 unspecified atom stereocenters. The third kappa shape index (κ3) is 2.19. The molecule has 2 aromatic heterocycles. The van der Waals surface area contributed by atoms with Crippen LogP contribution in [0.25, 0.3) is 5.65 Å². The van der Waals surface area contributed by atoms with Crippen LogP contribution in [0.15, 0.2) is 18.3 Å². The second-order valence-corrected chi connectivity index (χ2v) is 5.20. The predicted octanol–water partition coefficient (Wildman–Crippen LogP) is 2.26. The minimum absolute atomic E-state index is 0.0918. The molecule has 20 heavy (non-hydrogen) atoms. The van der Waals surface area contributed by atoms with Crippen molar-refractivity contribution in [1.82, 2.24) is 14.6 Å². The smallest absolute Gasteiger partial charge is 0.358 e. The number of hydrogen-bond acceptors (Lipinski definition) is 5. The highest BCUT2D eigenvalue weighted by molar-refractivity contribution is 5.49. The fourth-order valence-electron chi connectivity index (χ4n) is 2.75. The van der Waals surface area contributed by atoms with Gasteiger partial charge in [0, 0.05) is 19.2 Å². The van der Waals surface area contributed by atoms with Gasteiger partial charge in [0.15, 0.2) is 5.82 Å². The summed E-state index contributed by atoms with van der Waals surface area (Å²) in [4.78, 5) is 16.7. The lowest BCUT2D eigenvalue weighted by Crippen LogP contribution is -2.35. The number of rotatable bonds is 3. The van der Waals surface area contributed by atoms with Gasteiger partial charge >= 0.3 is 5.82 Å². The molecular weight excluding hydrogens is 258 g/mol. The van der Waals surface area contributed by atoms with Crippen molar-refractivity contribution in [3.8, 4) is 0 Å². The molecule has 0 aliphatic carbocycles. The maximum atomic E-state index is 11.0. The lowest BCUT2D eigenvalue weighted by molar-refractivity contribution is -0.391. The molecule has 1 fully saturated rings. The first kappa shape index (κ1) is 12.8. The van der Waals surface area contributed by atoms with Crippen LogP contribution in [0.5, 0.6) is 0 Å². The molecule has 1 aliphatic heterocycles. The largest absolute Gasteiger partial charge is 0.368 e. The minimum Gasteiger partial charge on any atom is -0.358 e. The van der Waals surface area contributed by atoms with Gasteiger partial charge in [0.1, 0.15) is 6.20 Å². The zero-order valence-corrected chi connectivity index (χ0v) is 11.4. The molecule has 7 heteroatoms. The maximum Gasteiger partial charge on any atom is 0.368 e. The van der Waals surface area contributed by atoms with Crippen LogP contribution < -0.4 is 4.90 Å². The van der Waals surface area contributed by atoms with Crippen LogP contribution in [0.2, 0.25) is 0 Å². The average Bonchev–Trinajstić information content (AvgIpc) is 2.90. The molecule has 7 nitrogen and oxygen atoms in total. The first-order valence-corrected chi connectivity index (χ1v) is 6.93. The molecule has 0 aromatic carbocycles. The molecule has 1 saturated heterocycles. The summed E-state index contributed by atoms with van der Waals surface area (Å²) in [6, 6.07) is 3.68. The number of imidazole rings is 1. The number of anilines is 1. The van der Waals surface area contributed by atoms with Crippen LogP contribution in [-0.2, 0) is 0 Å². The Hall–Kier alpha value is -2.18. The van der Waals surface area contributed by atoms with Gasteiger partial charge < -0.3 is 15.0 Å². The summed E-state index contributed by atoms with van der Waals surface area (Å²) in [7, 11) is 0. The normalized spacial score (nSPS) is 19.4. The van der Waals surface area contributed by atoms with E-state index in [1.54, 1.807) is 6.07 Å². The van der Waals surface area contributed by atoms with Crippen molar-refractivity contribution in [1.29, 1.82) is 0 Å². The summed E-state index contributed by atoms with van der Waals surface area (Å²) in [6.07, 6.45) is 4.80. The van der Waals surface area contributed by atoms with Crippen LogP contribution >= 0.6 is 0 Å². The standard InChI is InChI=1S/C13H17N5O2/c1-2-10-4-3-7-16(9-10)12-6-5-11-14-8-13(18(19)20)17(11)15-12/h5-6,8,10H,2-4,7,9H2,1H3/t10-/m1/s1. The first-order valence-electron chi connectivity index (χ1n) is 6.93. The van der Waals surface area contributed by atoms with Crippen molar-refractivity contribution in [2.24, 2.45) is 5.92 Å². The van der Waals surface area contributed by atoms with E-state index < -0.39 is 4.92 Å². The van der Waals surface area contributed by atoms with Gasteiger partial charge in [-0.25, -0.2) is 4.98 Å². The highest BCUT2D eigenvalue weighted by atomic mass is 16.6. The molecule has 3 heterocycles. The van der Waals surface area contributed by atoms with Crippen molar-refractivity contribution in [2.75, 3.05) is 18.0 Å². The van der Waals surface area contributed by atoms with E-state index in [4.69, 9.17) is 0 Å². The van der Waals surface area contributed by atoms with Crippen LogP contribution in [0.3, 0.4) is 0 Å². The molecule has 0 amide bonds. The van der Waals surface area contributed by atoms with Crippen LogP contribution in [-0.4, -0.2) is 32.6 Å². The zero-order chi connectivity index (χ0) is 14.1. The second-order valence-electron chi connectivity index (χ2n) is 5.20. The molecule has 1 atom stereocenters. The summed E-state index contributed by atoms with van der Waals surface area (Å²) in [5.74, 6) is 1.38. The number of hydrogen-bond donors (Lipinski definition) is 0. The van der Waals surface area contributed by atoms with Crippen LogP contribution in [0.1, 0.15) is 26.2 Å². The molecule has 106 valence electrons. The van der Waals surface area contributed by atoms with Gasteiger partial charge in [-0.2, -0.15) is 0 Å². The summed E-state index contributed by atoms with van der Waals surface area (Å²) < 4.78 is 1.31. The van der Waals surface area contributed by atoms with Crippen LogP contribution in [0.4, 0.5) is 11.6 Å². The molecule has 0 spiro atoms. The van der Waals surface area contributed by atoms with Crippen molar-refractivity contribution >= 4 is 17.3 Å². The van der Waals surface area contributed by atoms with Gasteiger partial charge in [-0.1, -0.05) is 23.0 Å². The van der Waals surface area contributed by atoms with E-state index in [1.165, 1.54) is 17.1 Å². The zero-order valence-electron chi connectivity index (χ0n) is 11.4. The van der Waals surface area contributed by atoms with E-state index >= 15 is 0 Å². The Balaban J connectivity index is 1.95. The highest BCUT2D eigenvalue weighted by Crippen LogP contribution is 2.24. The molecule has 0 saturated carbocycles. The molecule has 0 radical (unpaired) electrons. The fraction of sp³-hybridized carbons (Fsp3) is 0.538. The van der Waals surface area contributed by atoms with E-state index in [9.17, 15) is 10.1 Å². The van der Waals surface area contributed by atoms with Crippen molar-refractivity contribution in [3.05, 3.63) is 28.4 Å². The fourth-order valence-corrected chi connectivity index (χ4v) is 2.75. The van der Waals surface area contributed by atoms with E-state index in [2.05, 4.69) is 21.9 Å². The Kier molecular flexibility index (Phi) is 3.25. The SMILES string of the molecule is CC[C@@H]1CCCN(c2ccc3ncc([N+](=O)[O-])n3n2)C1. The summed E-state index contributed by atoms with van der Waals surface area (Å²) in [6.45, 7) is 4.13. The summed E-state index contributed by atoms with van der Waals surface area (Å²) in [5, 5.41) is 15.3. The second kappa shape index (κ2) is 5.07. The topological polar surface area (TPSA) is 76.6 Å². The Bertz CT molecular complexity index is 639. The lowest BCUT2D eigenvalue weighted by Gasteiger charge is -2.32. The first-order chi connectivity index (χ1) is 9.69. The van der Waals surface area contributed by atoms with Crippen LogP contribution in [0, 0.1) is 16.0 Å². The minimum atomic E-state index is -0.457. The van der Waals surface area contributed by atoms with Gasteiger partial charge in [-0.05, 0) is 29.7 Å². The van der Waals surface area contributed by atoms with Crippen molar-refractivity contribution in [3.63, 3.8) is 0 Å². The maximum absolute atomic E-state index is 11.0. The van der Waals surface area contributed by atoms with Gasteiger partial charge in [0.05, 0.1) is 0 Å². The van der Waals surface area contributed by atoms with Crippen molar-refractivity contribution in [2.45, 2.75) is 26.2 Å². The average molecular weight is 275 g/mol. The molecule has 1 aliphatic rings. The number of nitro groups is 1. The monoisotopic (exact) mass is 275 g/mol. The number of fused-ring (bicyclic) bond motifs is 1. The molecule has 0 N–H and O–H groups in total. The van der Waals surface area contributed by atoms with E-state index in [0.717, 1.165) is 31.7 Å². The summed E-state index contributed by atoms with van der Waals surface area (Å²) >= 11 is 0. The van der Waals surface area contributed by atoms with Gasteiger partial charge in [0.2, 0.25) is 5.65 Å². The predicted molar refractivity (Wildman–Crippen MR) is 74.9 cm³/mol. The van der Waals surface area contributed by atoms with Gasteiger partial charge in [-0.15, -0.1) is 0 Å². The molecule has 2 aromatic rings. The van der Waals surface area contributed by atoms with E-state index in [1.807, 2.05) is 6.07 Å². The Labute approximate surface area is 116 Å². The molecule has 3 rings (SSSR count). The number of nitrogens with zero attached hydrogens (tertiary/aromatic N) is 5. The van der Waals surface area contributed by atoms with Gasteiger partial charge in [-0.3, -0.25) is 0 Å². The third-order valence-corrected chi connectivity index (χ3v) is 3.94. The molecular formula is C13H17N5O2. The number of piperidine rings is 1. The Morgan fingerprint density at radius 2 is 2.35 bits per heavy atom. The van der Waals surface area contributed by atoms with E-state index in [0.29, 0.717) is 11.6 Å². The Morgan fingerprint density at radius 1 is 1.50 bits per heavy atom. The van der Waals surface area contributed by atoms with E-state index in [-0.39, 0.29) is 5.82 Å².